The smallest absolute Gasteiger partial charge is 0.233 e. The number of amides is 2. The standard InChI is InChI=1S/C17H15F3N2O2/c1-10-2-4-11(5-3-10)9-21-14(23)8-15(24)22-13-7-6-12(18)16(19)17(13)20/h2-7H,8-9H2,1H3,(H,21,23)(H,22,24). The van der Waals surface area contributed by atoms with Gasteiger partial charge in [0.25, 0.3) is 0 Å². The number of halogens is 3. The first-order chi connectivity index (χ1) is 11.4. The molecule has 0 unspecified atom stereocenters. The summed E-state index contributed by atoms with van der Waals surface area (Å²) < 4.78 is 39.3. The van der Waals surface area contributed by atoms with Crippen molar-refractivity contribution in [3.63, 3.8) is 0 Å². The zero-order valence-corrected chi connectivity index (χ0v) is 12.8. The maximum Gasteiger partial charge on any atom is 0.233 e. The summed E-state index contributed by atoms with van der Waals surface area (Å²) in [6, 6.07) is 9.03. The molecule has 0 atom stereocenters. The zero-order chi connectivity index (χ0) is 17.7. The summed E-state index contributed by atoms with van der Waals surface area (Å²) in [5, 5.41) is 4.58. The topological polar surface area (TPSA) is 58.2 Å². The minimum Gasteiger partial charge on any atom is -0.352 e. The molecule has 0 saturated heterocycles. The summed E-state index contributed by atoms with van der Waals surface area (Å²) in [5.41, 5.74) is 1.42. The van der Waals surface area contributed by atoms with Gasteiger partial charge in [-0.1, -0.05) is 29.8 Å². The highest BCUT2D eigenvalue weighted by molar-refractivity contribution is 6.03. The lowest BCUT2D eigenvalue weighted by molar-refractivity contribution is -0.126. The molecule has 0 bridgehead atoms. The second kappa shape index (κ2) is 7.63. The van der Waals surface area contributed by atoms with Crippen LogP contribution in [-0.2, 0) is 16.1 Å². The minimum atomic E-state index is -1.68. The number of carbonyl (C=O) groups excluding carboxylic acids is 2. The van der Waals surface area contributed by atoms with Gasteiger partial charge in [0.1, 0.15) is 6.42 Å². The quantitative estimate of drug-likeness (QED) is 0.651. The SMILES string of the molecule is Cc1ccc(CNC(=O)CC(=O)Nc2ccc(F)c(F)c2F)cc1. The van der Waals surface area contributed by atoms with E-state index >= 15 is 0 Å². The molecule has 2 N–H and O–H groups in total. The van der Waals surface area contributed by atoms with E-state index in [9.17, 15) is 22.8 Å². The fourth-order valence-corrected chi connectivity index (χ4v) is 1.93. The lowest BCUT2D eigenvalue weighted by Crippen LogP contribution is -2.28. The molecule has 7 heteroatoms. The third-order valence-electron chi connectivity index (χ3n) is 3.24. The van der Waals surface area contributed by atoms with E-state index in [-0.39, 0.29) is 6.54 Å². The van der Waals surface area contributed by atoms with Crippen molar-refractivity contribution in [3.8, 4) is 0 Å². The lowest BCUT2D eigenvalue weighted by Gasteiger charge is -2.08. The van der Waals surface area contributed by atoms with Crippen LogP contribution in [-0.4, -0.2) is 11.8 Å². The number of hydrogen-bond donors (Lipinski definition) is 2. The van der Waals surface area contributed by atoms with Crippen molar-refractivity contribution in [3.05, 3.63) is 65.0 Å². The molecular formula is C17H15F3N2O2. The Labute approximate surface area is 136 Å². The molecule has 0 radical (unpaired) electrons. The van der Waals surface area contributed by atoms with Crippen LogP contribution >= 0.6 is 0 Å². The van der Waals surface area contributed by atoms with Crippen molar-refractivity contribution in [1.29, 1.82) is 0 Å². The molecule has 126 valence electrons. The van der Waals surface area contributed by atoms with E-state index in [1.54, 1.807) is 0 Å². The lowest BCUT2D eigenvalue weighted by atomic mass is 10.1. The van der Waals surface area contributed by atoms with Crippen LogP contribution in [0.15, 0.2) is 36.4 Å². The molecule has 0 aliphatic heterocycles. The third-order valence-corrected chi connectivity index (χ3v) is 3.24. The number of rotatable bonds is 5. The van der Waals surface area contributed by atoms with Crippen LogP contribution in [0.5, 0.6) is 0 Å². The molecule has 0 aromatic heterocycles. The van der Waals surface area contributed by atoms with Crippen LogP contribution < -0.4 is 10.6 Å². The average molecular weight is 336 g/mol. The Bertz CT molecular complexity index is 761. The van der Waals surface area contributed by atoms with Crippen molar-refractivity contribution < 1.29 is 22.8 Å². The fraction of sp³-hybridized carbons (Fsp3) is 0.176. The van der Waals surface area contributed by atoms with E-state index < -0.39 is 41.4 Å². The minimum absolute atomic E-state index is 0.242. The molecule has 0 spiro atoms. The Morgan fingerprint density at radius 2 is 1.58 bits per heavy atom. The monoisotopic (exact) mass is 336 g/mol. The van der Waals surface area contributed by atoms with Gasteiger partial charge in [0.05, 0.1) is 5.69 Å². The van der Waals surface area contributed by atoms with E-state index in [1.165, 1.54) is 0 Å². The van der Waals surface area contributed by atoms with Crippen LogP contribution in [0, 0.1) is 24.4 Å². The van der Waals surface area contributed by atoms with Gasteiger partial charge in [0, 0.05) is 6.54 Å². The van der Waals surface area contributed by atoms with Crippen LogP contribution in [0.2, 0.25) is 0 Å². The first-order valence-corrected chi connectivity index (χ1v) is 7.12. The number of carbonyl (C=O) groups is 2. The molecule has 2 aromatic carbocycles. The Morgan fingerprint density at radius 3 is 2.25 bits per heavy atom. The number of nitrogens with one attached hydrogen (secondary N) is 2. The highest BCUT2D eigenvalue weighted by Gasteiger charge is 2.16. The van der Waals surface area contributed by atoms with E-state index in [4.69, 9.17) is 0 Å². The highest BCUT2D eigenvalue weighted by Crippen LogP contribution is 2.19. The first kappa shape index (κ1) is 17.5. The summed E-state index contributed by atoms with van der Waals surface area (Å²) in [6.45, 7) is 2.18. The molecule has 0 aliphatic carbocycles. The highest BCUT2D eigenvalue weighted by atomic mass is 19.2. The number of hydrogen-bond acceptors (Lipinski definition) is 2. The van der Waals surface area contributed by atoms with Crippen LogP contribution in [0.1, 0.15) is 17.5 Å². The normalized spacial score (nSPS) is 10.3. The molecule has 0 saturated carbocycles. The van der Waals surface area contributed by atoms with Crippen LogP contribution in [0.3, 0.4) is 0 Å². The summed E-state index contributed by atoms with van der Waals surface area (Å²) >= 11 is 0. The summed E-state index contributed by atoms with van der Waals surface area (Å²) in [6.07, 6.45) is -0.565. The predicted octanol–water partition coefficient (Wildman–Crippen LogP) is 3.06. The van der Waals surface area contributed by atoms with Gasteiger partial charge >= 0.3 is 0 Å². The van der Waals surface area contributed by atoms with E-state index in [0.717, 1.165) is 17.2 Å². The number of benzene rings is 2. The maximum absolute atomic E-state index is 13.4. The van der Waals surface area contributed by atoms with E-state index in [1.807, 2.05) is 36.5 Å². The molecular weight excluding hydrogens is 321 g/mol. The van der Waals surface area contributed by atoms with Gasteiger partial charge in [-0.15, -0.1) is 0 Å². The second-order valence-corrected chi connectivity index (χ2v) is 5.21. The molecule has 0 heterocycles. The molecule has 0 fully saturated rings. The van der Waals surface area contributed by atoms with Crippen molar-refractivity contribution >= 4 is 17.5 Å². The van der Waals surface area contributed by atoms with E-state index in [0.29, 0.717) is 6.07 Å². The van der Waals surface area contributed by atoms with Crippen LogP contribution in [0.25, 0.3) is 0 Å². The molecule has 4 nitrogen and oxygen atoms in total. The molecule has 2 rings (SSSR count). The van der Waals surface area contributed by atoms with Gasteiger partial charge in [-0.25, -0.2) is 13.2 Å². The fourth-order valence-electron chi connectivity index (χ4n) is 1.93. The number of anilines is 1. The number of aryl methyl sites for hydroxylation is 1. The molecule has 2 aromatic rings. The van der Waals surface area contributed by atoms with Crippen molar-refractivity contribution in [2.45, 2.75) is 19.9 Å². The third kappa shape index (κ3) is 4.58. The first-order valence-electron chi connectivity index (χ1n) is 7.12. The van der Waals surface area contributed by atoms with Crippen molar-refractivity contribution in [2.75, 3.05) is 5.32 Å². The van der Waals surface area contributed by atoms with Crippen LogP contribution in [0.4, 0.5) is 18.9 Å². The van der Waals surface area contributed by atoms with Gasteiger partial charge < -0.3 is 10.6 Å². The molecule has 24 heavy (non-hydrogen) atoms. The maximum atomic E-state index is 13.4. The van der Waals surface area contributed by atoms with Gasteiger partial charge in [-0.2, -0.15) is 0 Å². The Kier molecular flexibility index (Phi) is 5.57. The predicted molar refractivity (Wildman–Crippen MR) is 82.6 cm³/mol. The summed E-state index contributed by atoms with van der Waals surface area (Å²) in [5.74, 6) is -5.96. The average Bonchev–Trinajstić information content (AvgIpc) is 2.55. The van der Waals surface area contributed by atoms with Gasteiger partial charge in [-0.05, 0) is 24.6 Å². The summed E-state index contributed by atoms with van der Waals surface area (Å²) in [7, 11) is 0. The Hall–Kier alpha value is -2.83. The largest absolute Gasteiger partial charge is 0.352 e. The van der Waals surface area contributed by atoms with Gasteiger partial charge in [0.2, 0.25) is 11.8 Å². The van der Waals surface area contributed by atoms with Gasteiger partial charge in [0.15, 0.2) is 17.5 Å². The van der Waals surface area contributed by atoms with Crippen molar-refractivity contribution in [1.82, 2.24) is 5.32 Å². The molecule has 2 amide bonds. The van der Waals surface area contributed by atoms with E-state index in [2.05, 4.69) is 5.32 Å². The van der Waals surface area contributed by atoms with Gasteiger partial charge in [-0.3, -0.25) is 9.59 Å². The second-order valence-electron chi connectivity index (χ2n) is 5.21. The van der Waals surface area contributed by atoms with Crippen molar-refractivity contribution in [2.24, 2.45) is 0 Å². The Morgan fingerprint density at radius 1 is 0.917 bits per heavy atom. The summed E-state index contributed by atoms with van der Waals surface area (Å²) in [4.78, 5) is 23.4. The zero-order valence-electron chi connectivity index (χ0n) is 12.8. The Balaban J connectivity index is 1.87. The molecule has 0 aliphatic rings.